The van der Waals surface area contributed by atoms with Crippen LogP contribution in [0, 0.1) is 0 Å². The van der Waals surface area contributed by atoms with Crippen LogP contribution in [-0.4, -0.2) is 23.3 Å². The molecule has 0 unspecified atom stereocenters. The molecule has 2 N–H and O–H groups in total. The summed E-state index contributed by atoms with van der Waals surface area (Å²) in [6.07, 6.45) is 1.76. The first-order chi connectivity index (χ1) is 10.3. The van der Waals surface area contributed by atoms with E-state index in [2.05, 4.69) is 4.98 Å². The van der Waals surface area contributed by atoms with Crippen molar-refractivity contribution >= 4 is 18.3 Å². The van der Waals surface area contributed by atoms with Gasteiger partial charge in [-0.05, 0) is 39.8 Å². The Kier molecular flexibility index (Phi) is 3.50. The molecule has 2 heterocycles. The van der Waals surface area contributed by atoms with Gasteiger partial charge in [0.1, 0.15) is 0 Å². The van der Waals surface area contributed by atoms with E-state index in [1.165, 1.54) is 0 Å². The molecule has 1 aromatic carbocycles. The monoisotopic (exact) mass is 296 g/mol. The van der Waals surface area contributed by atoms with Gasteiger partial charge in [0.2, 0.25) is 0 Å². The summed E-state index contributed by atoms with van der Waals surface area (Å²) < 4.78 is 12.3. The highest BCUT2D eigenvalue weighted by Crippen LogP contribution is 2.37. The summed E-state index contributed by atoms with van der Waals surface area (Å²) in [6.45, 7) is 8.17. The standard InChI is InChI=1S/C17H21BN2O2/c1-16(2)17(3,4)22-18(21-16)13-9-7-11-20-15(13)12-8-5-6-10-14(12)19/h5-11H,19H2,1-4H3. The molecule has 0 atom stereocenters. The highest BCUT2D eigenvalue weighted by atomic mass is 16.7. The second kappa shape index (κ2) is 5.11. The Labute approximate surface area is 131 Å². The van der Waals surface area contributed by atoms with Gasteiger partial charge in [-0.2, -0.15) is 0 Å². The van der Waals surface area contributed by atoms with Crippen LogP contribution in [0.2, 0.25) is 0 Å². The van der Waals surface area contributed by atoms with Crippen molar-refractivity contribution in [1.82, 2.24) is 4.98 Å². The molecule has 0 saturated carbocycles. The van der Waals surface area contributed by atoms with Gasteiger partial charge >= 0.3 is 7.12 Å². The summed E-state index contributed by atoms with van der Waals surface area (Å²) in [5.74, 6) is 0. The van der Waals surface area contributed by atoms with Crippen molar-refractivity contribution in [2.45, 2.75) is 38.9 Å². The van der Waals surface area contributed by atoms with E-state index >= 15 is 0 Å². The van der Waals surface area contributed by atoms with Gasteiger partial charge in [-0.15, -0.1) is 0 Å². The third-order valence-corrected chi connectivity index (χ3v) is 4.56. The molecule has 0 radical (unpaired) electrons. The number of benzene rings is 1. The maximum absolute atomic E-state index is 6.15. The van der Waals surface area contributed by atoms with Crippen molar-refractivity contribution in [2.75, 3.05) is 5.73 Å². The first-order valence-corrected chi connectivity index (χ1v) is 7.47. The zero-order valence-corrected chi connectivity index (χ0v) is 13.5. The minimum atomic E-state index is -0.451. The zero-order chi connectivity index (χ0) is 16.0. The number of hydrogen-bond donors (Lipinski definition) is 1. The summed E-state index contributed by atoms with van der Waals surface area (Å²) in [4.78, 5) is 4.51. The fraction of sp³-hybridized carbons (Fsp3) is 0.353. The third-order valence-electron chi connectivity index (χ3n) is 4.56. The number of anilines is 1. The second-order valence-electron chi connectivity index (χ2n) is 6.62. The minimum absolute atomic E-state index is 0.382. The van der Waals surface area contributed by atoms with Crippen LogP contribution in [0.25, 0.3) is 11.3 Å². The molecule has 22 heavy (non-hydrogen) atoms. The zero-order valence-electron chi connectivity index (χ0n) is 13.5. The van der Waals surface area contributed by atoms with Crippen molar-refractivity contribution in [3.63, 3.8) is 0 Å². The fourth-order valence-electron chi connectivity index (χ4n) is 2.52. The average Bonchev–Trinajstić information content (AvgIpc) is 2.68. The molecule has 2 aromatic rings. The molecule has 1 saturated heterocycles. The summed E-state index contributed by atoms with van der Waals surface area (Å²) in [6, 6.07) is 11.6. The van der Waals surface area contributed by atoms with E-state index in [9.17, 15) is 0 Å². The lowest BCUT2D eigenvalue weighted by molar-refractivity contribution is 0.00578. The van der Waals surface area contributed by atoms with Crippen LogP contribution < -0.4 is 11.2 Å². The number of nitrogens with zero attached hydrogens (tertiary/aromatic N) is 1. The van der Waals surface area contributed by atoms with E-state index in [1.807, 2.05) is 64.1 Å². The van der Waals surface area contributed by atoms with Gasteiger partial charge in [0, 0.05) is 22.9 Å². The summed E-state index contributed by atoms with van der Waals surface area (Å²) in [5.41, 5.74) is 8.64. The van der Waals surface area contributed by atoms with Crippen molar-refractivity contribution in [2.24, 2.45) is 0 Å². The SMILES string of the molecule is CC1(C)OB(c2cccnc2-c2ccccc2N)OC1(C)C. The Morgan fingerprint density at radius 1 is 0.955 bits per heavy atom. The van der Waals surface area contributed by atoms with Gasteiger partial charge in [-0.3, -0.25) is 4.98 Å². The molecule has 1 aliphatic rings. The lowest BCUT2D eigenvalue weighted by Crippen LogP contribution is -2.41. The van der Waals surface area contributed by atoms with Crippen molar-refractivity contribution in [1.29, 1.82) is 0 Å². The van der Waals surface area contributed by atoms with Crippen molar-refractivity contribution in [3.8, 4) is 11.3 Å². The van der Waals surface area contributed by atoms with Crippen LogP contribution in [0.4, 0.5) is 5.69 Å². The summed E-state index contributed by atoms with van der Waals surface area (Å²) in [5, 5.41) is 0. The summed E-state index contributed by atoms with van der Waals surface area (Å²) >= 11 is 0. The lowest BCUT2D eigenvalue weighted by Gasteiger charge is -2.32. The third kappa shape index (κ3) is 2.40. The number of rotatable bonds is 2. The molecule has 0 spiro atoms. The molecule has 1 fully saturated rings. The molecular weight excluding hydrogens is 275 g/mol. The minimum Gasteiger partial charge on any atom is -0.399 e. The number of pyridine rings is 1. The molecule has 4 nitrogen and oxygen atoms in total. The molecule has 0 bridgehead atoms. The molecule has 114 valence electrons. The van der Waals surface area contributed by atoms with E-state index in [0.717, 1.165) is 16.7 Å². The molecule has 1 aliphatic heterocycles. The lowest BCUT2D eigenvalue weighted by atomic mass is 9.76. The van der Waals surface area contributed by atoms with E-state index in [-0.39, 0.29) is 11.2 Å². The molecular formula is C17H21BN2O2. The topological polar surface area (TPSA) is 57.4 Å². The average molecular weight is 296 g/mol. The van der Waals surface area contributed by atoms with Gasteiger partial charge in [0.25, 0.3) is 0 Å². The van der Waals surface area contributed by atoms with Crippen LogP contribution in [-0.2, 0) is 9.31 Å². The number of nitrogen functional groups attached to an aromatic ring is 1. The molecule has 5 heteroatoms. The molecule has 0 aliphatic carbocycles. The summed E-state index contributed by atoms with van der Waals surface area (Å²) in [7, 11) is -0.451. The maximum Gasteiger partial charge on any atom is 0.497 e. The van der Waals surface area contributed by atoms with E-state index in [1.54, 1.807) is 6.20 Å². The van der Waals surface area contributed by atoms with Crippen molar-refractivity contribution < 1.29 is 9.31 Å². The van der Waals surface area contributed by atoms with E-state index in [0.29, 0.717) is 5.69 Å². The predicted molar refractivity (Wildman–Crippen MR) is 89.8 cm³/mol. The Bertz CT molecular complexity index is 685. The highest BCUT2D eigenvalue weighted by molar-refractivity contribution is 6.63. The van der Waals surface area contributed by atoms with Gasteiger partial charge in [-0.1, -0.05) is 24.3 Å². The van der Waals surface area contributed by atoms with E-state index < -0.39 is 7.12 Å². The first-order valence-electron chi connectivity index (χ1n) is 7.47. The van der Waals surface area contributed by atoms with Crippen LogP contribution in [0.15, 0.2) is 42.6 Å². The normalized spacial score (nSPS) is 19.4. The maximum atomic E-state index is 6.15. The second-order valence-corrected chi connectivity index (χ2v) is 6.62. The predicted octanol–water partition coefficient (Wildman–Crippen LogP) is 2.63. The Morgan fingerprint density at radius 2 is 1.59 bits per heavy atom. The Hall–Kier alpha value is -1.85. The van der Waals surface area contributed by atoms with Gasteiger partial charge in [0.05, 0.1) is 16.9 Å². The quantitative estimate of drug-likeness (QED) is 0.683. The van der Waals surface area contributed by atoms with Crippen LogP contribution >= 0.6 is 0 Å². The van der Waals surface area contributed by atoms with Gasteiger partial charge in [-0.25, -0.2) is 0 Å². The Balaban J connectivity index is 2.06. The number of hydrogen-bond acceptors (Lipinski definition) is 4. The first kappa shape index (κ1) is 15.1. The highest BCUT2D eigenvalue weighted by Gasteiger charge is 2.52. The fourth-order valence-corrected chi connectivity index (χ4v) is 2.52. The van der Waals surface area contributed by atoms with E-state index in [4.69, 9.17) is 15.0 Å². The molecule has 1 aromatic heterocycles. The number of para-hydroxylation sites is 1. The van der Waals surface area contributed by atoms with Crippen LogP contribution in [0.5, 0.6) is 0 Å². The van der Waals surface area contributed by atoms with Gasteiger partial charge in [0.15, 0.2) is 0 Å². The number of nitrogens with two attached hydrogens (primary N) is 1. The number of aromatic nitrogens is 1. The van der Waals surface area contributed by atoms with Crippen LogP contribution in [0.1, 0.15) is 27.7 Å². The smallest absolute Gasteiger partial charge is 0.399 e. The largest absolute Gasteiger partial charge is 0.497 e. The molecule has 0 amide bonds. The van der Waals surface area contributed by atoms with Gasteiger partial charge < -0.3 is 15.0 Å². The molecule has 3 rings (SSSR count). The Morgan fingerprint density at radius 3 is 2.23 bits per heavy atom. The van der Waals surface area contributed by atoms with Crippen molar-refractivity contribution in [3.05, 3.63) is 42.6 Å². The van der Waals surface area contributed by atoms with Crippen LogP contribution in [0.3, 0.4) is 0 Å².